The van der Waals surface area contributed by atoms with Crippen molar-refractivity contribution in [2.24, 2.45) is 10.2 Å². The summed E-state index contributed by atoms with van der Waals surface area (Å²) in [5.74, 6) is -0.630. The zero-order valence-corrected chi connectivity index (χ0v) is 15.8. The number of nitro benzene ring substituents is 1. The standard InChI is InChI=1S/C14H14ClN4O8P/c1-7-13(21)9(5-20)10(6-27-28(24,25)26)14(16-7)18-17-12-4-8(19(22)23)2-3-11(12)15/h2-4,20-21H,5-6H2,1H3,(H2,24,25,26). The second kappa shape index (κ2) is 8.69. The largest absolute Gasteiger partial charge is 0.506 e. The lowest BCUT2D eigenvalue weighted by molar-refractivity contribution is -0.384. The van der Waals surface area contributed by atoms with E-state index in [0.29, 0.717) is 0 Å². The van der Waals surface area contributed by atoms with Crippen molar-refractivity contribution in [2.45, 2.75) is 20.1 Å². The fourth-order valence-corrected chi connectivity index (χ4v) is 2.57. The van der Waals surface area contributed by atoms with Crippen molar-refractivity contribution in [3.05, 3.63) is 50.2 Å². The predicted molar refractivity (Wildman–Crippen MR) is 95.7 cm³/mol. The highest BCUT2D eigenvalue weighted by molar-refractivity contribution is 7.46. The van der Waals surface area contributed by atoms with E-state index in [1.165, 1.54) is 19.1 Å². The van der Waals surface area contributed by atoms with E-state index in [-0.39, 0.29) is 39.0 Å². The van der Waals surface area contributed by atoms with Crippen LogP contribution >= 0.6 is 19.4 Å². The Morgan fingerprint density at radius 1 is 1.32 bits per heavy atom. The van der Waals surface area contributed by atoms with Crippen molar-refractivity contribution >= 4 is 36.6 Å². The summed E-state index contributed by atoms with van der Waals surface area (Å²) in [5, 5.41) is 38.0. The molecule has 28 heavy (non-hydrogen) atoms. The van der Waals surface area contributed by atoms with Crippen molar-refractivity contribution in [2.75, 3.05) is 0 Å². The maximum atomic E-state index is 11.0. The molecule has 0 bridgehead atoms. The number of phosphoric ester groups is 1. The summed E-state index contributed by atoms with van der Waals surface area (Å²) in [5.41, 5.74) is -0.521. The molecule has 0 fully saturated rings. The summed E-state index contributed by atoms with van der Waals surface area (Å²) in [6.45, 7) is -0.0331. The van der Waals surface area contributed by atoms with E-state index in [4.69, 9.17) is 21.4 Å². The molecule has 12 nitrogen and oxygen atoms in total. The van der Waals surface area contributed by atoms with Crippen molar-refractivity contribution in [1.29, 1.82) is 0 Å². The molecule has 0 saturated heterocycles. The molecule has 1 heterocycles. The molecule has 1 aromatic heterocycles. The minimum Gasteiger partial charge on any atom is -0.506 e. The first-order valence-corrected chi connectivity index (χ1v) is 9.32. The molecule has 0 saturated carbocycles. The van der Waals surface area contributed by atoms with Crippen LogP contribution in [0.5, 0.6) is 5.75 Å². The summed E-state index contributed by atoms with van der Waals surface area (Å²) in [4.78, 5) is 32.0. The van der Waals surface area contributed by atoms with Crippen LogP contribution in [-0.4, -0.2) is 29.9 Å². The SMILES string of the molecule is Cc1nc(N=Nc2cc([N+](=O)[O-])ccc2Cl)c(COP(=O)(O)O)c(CO)c1O. The fourth-order valence-electron chi connectivity index (χ4n) is 2.12. The number of phosphoric acid groups is 1. The number of aromatic nitrogens is 1. The molecule has 2 aromatic rings. The molecule has 150 valence electrons. The lowest BCUT2D eigenvalue weighted by atomic mass is 10.1. The summed E-state index contributed by atoms with van der Waals surface area (Å²) in [6, 6.07) is 3.49. The lowest BCUT2D eigenvalue weighted by Crippen LogP contribution is -2.02. The van der Waals surface area contributed by atoms with Crippen LogP contribution < -0.4 is 0 Å². The number of non-ortho nitro benzene ring substituents is 1. The van der Waals surface area contributed by atoms with Gasteiger partial charge in [-0.05, 0) is 13.0 Å². The van der Waals surface area contributed by atoms with Gasteiger partial charge in [-0.1, -0.05) is 11.6 Å². The number of benzene rings is 1. The van der Waals surface area contributed by atoms with Crippen LogP contribution in [0.4, 0.5) is 17.2 Å². The molecule has 0 unspecified atom stereocenters. The molecule has 0 aliphatic carbocycles. The monoisotopic (exact) mass is 432 g/mol. The van der Waals surface area contributed by atoms with E-state index in [9.17, 15) is 24.9 Å². The van der Waals surface area contributed by atoms with Gasteiger partial charge in [0.1, 0.15) is 11.4 Å². The van der Waals surface area contributed by atoms with Gasteiger partial charge in [0.15, 0.2) is 5.82 Å². The number of rotatable bonds is 7. The van der Waals surface area contributed by atoms with Gasteiger partial charge in [-0.25, -0.2) is 9.55 Å². The Hall–Kier alpha value is -2.47. The van der Waals surface area contributed by atoms with Crippen molar-refractivity contribution in [3.8, 4) is 5.75 Å². The van der Waals surface area contributed by atoms with E-state index in [1.807, 2.05) is 0 Å². The zero-order valence-electron chi connectivity index (χ0n) is 14.2. The normalized spacial score (nSPS) is 11.9. The third-order valence-electron chi connectivity index (χ3n) is 3.46. The Bertz CT molecular complexity index is 994. The number of azo groups is 1. The molecule has 0 spiro atoms. The van der Waals surface area contributed by atoms with Crippen LogP contribution in [0.2, 0.25) is 5.02 Å². The molecule has 0 amide bonds. The third-order valence-corrected chi connectivity index (χ3v) is 4.25. The number of aromatic hydroxyl groups is 1. The van der Waals surface area contributed by atoms with E-state index in [1.54, 1.807) is 0 Å². The predicted octanol–water partition coefficient (Wildman–Crippen LogP) is 3.17. The summed E-state index contributed by atoms with van der Waals surface area (Å²) < 4.78 is 15.4. The second-order valence-corrected chi connectivity index (χ2v) is 6.99. The minimum atomic E-state index is -4.87. The molecular formula is C14H14ClN4O8P. The van der Waals surface area contributed by atoms with Gasteiger partial charge >= 0.3 is 7.82 Å². The molecular weight excluding hydrogens is 419 g/mol. The van der Waals surface area contributed by atoms with Crippen LogP contribution in [-0.2, 0) is 22.3 Å². The zero-order chi connectivity index (χ0) is 21.1. The van der Waals surface area contributed by atoms with Gasteiger partial charge in [0.25, 0.3) is 5.69 Å². The Morgan fingerprint density at radius 3 is 2.57 bits per heavy atom. The van der Waals surface area contributed by atoms with E-state index >= 15 is 0 Å². The first-order chi connectivity index (χ1) is 13.0. The molecule has 0 atom stereocenters. The topological polar surface area (TPSA) is 188 Å². The fraction of sp³-hybridized carbons (Fsp3) is 0.214. The molecule has 0 radical (unpaired) electrons. The van der Waals surface area contributed by atoms with E-state index < -0.39 is 31.7 Å². The highest BCUT2D eigenvalue weighted by Gasteiger charge is 2.22. The lowest BCUT2D eigenvalue weighted by Gasteiger charge is -2.14. The number of hydrogen-bond donors (Lipinski definition) is 4. The van der Waals surface area contributed by atoms with Gasteiger partial charge < -0.3 is 20.0 Å². The number of aliphatic hydroxyl groups is 1. The molecule has 2 rings (SSSR count). The Labute approximate surface area is 162 Å². The molecule has 14 heteroatoms. The summed E-state index contributed by atoms with van der Waals surface area (Å²) in [6.07, 6.45) is 0. The maximum absolute atomic E-state index is 11.0. The number of hydrogen-bond acceptors (Lipinski definition) is 9. The number of aliphatic hydroxyl groups excluding tert-OH is 1. The number of halogens is 1. The highest BCUT2D eigenvalue weighted by atomic mass is 35.5. The van der Waals surface area contributed by atoms with Crippen molar-refractivity contribution in [1.82, 2.24) is 4.98 Å². The van der Waals surface area contributed by atoms with Crippen LogP contribution in [0.3, 0.4) is 0 Å². The van der Waals surface area contributed by atoms with Crippen LogP contribution in [0.25, 0.3) is 0 Å². The van der Waals surface area contributed by atoms with Gasteiger partial charge in [-0.3, -0.25) is 14.6 Å². The van der Waals surface area contributed by atoms with Crippen LogP contribution in [0.1, 0.15) is 16.8 Å². The Kier molecular flexibility index (Phi) is 6.77. The van der Waals surface area contributed by atoms with Crippen molar-refractivity contribution in [3.63, 3.8) is 0 Å². The molecule has 4 N–H and O–H groups in total. The highest BCUT2D eigenvalue weighted by Crippen LogP contribution is 2.40. The van der Waals surface area contributed by atoms with Crippen LogP contribution in [0, 0.1) is 17.0 Å². The summed E-state index contributed by atoms with van der Waals surface area (Å²) >= 11 is 5.94. The van der Waals surface area contributed by atoms with Crippen LogP contribution in [0.15, 0.2) is 28.4 Å². The average Bonchev–Trinajstić information content (AvgIpc) is 2.61. The number of pyridine rings is 1. The number of nitrogens with zero attached hydrogens (tertiary/aromatic N) is 4. The minimum absolute atomic E-state index is 0.0558. The van der Waals surface area contributed by atoms with Crippen molar-refractivity contribution < 1.29 is 34.0 Å². The smallest absolute Gasteiger partial charge is 0.469 e. The second-order valence-electron chi connectivity index (χ2n) is 5.34. The third kappa shape index (κ3) is 5.29. The molecule has 0 aliphatic heterocycles. The van der Waals surface area contributed by atoms with Gasteiger partial charge in [0.05, 0.1) is 28.9 Å². The molecule has 0 aliphatic rings. The summed E-state index contributed by atoms with van der Waals surface area (Å²) in [7, 11) is -4.87. The first-order valence-electron chi connectivity index (χ1n) is 7.41. The van der Waals surface area contributed by atoms with Gasteiger partial charge in [-0.2, -0.15) is 0 Å². The van der Waals surface area contributed by atoms with Gasteiger partial charge in [0.2, 0.25) is 0 Å². The van der Waals surface area contributed by atoms with Gasteiger partial charge in [-0.15, -0.1) is 10.2 Å². The van der Waals surface area contributed by atoms with E-state index in [2.05, 4.69) is 19.7 Å². The van der Waals surface area contributed by atoms with Gasteiger partial charge in [0, 0.05) is 23.3 Å². The quantitative estimate of drug-likeness (QED) is 0.220. The average molecular weight is 433 g/mol. The Balaban J connectivity index is 2.54. The molecule has 1 aromatic carbocycles. The Morgan fingerprint density at radius 2 is 2.00 bits per heavy atom. The first kappa shape index (κ1) is 21.8. The maximum Gasteiger partial charge on any atom is 0.469 e. The number of aryl methyl sites for hydroxylation is 1. The number of nitro groups is 1. The van der Waals surface area contributed by atoms with E-state index in [0.717, 1.165) is 6.07 Å².